The first kappa shape index (κ1) is 15.4. The number of hydrogen-bond acceptors (Lipinski definition) is 3. The van der Waals surface area contributed by atoms with E-state index in [2.05, 4.69) is 22.5 Å². The first-order chi connectivity index (χ1) is 10.0. The van der Waals surface area contributed by atoms with Gasteiger partial charge in [0.1, 0.15) is 0 Å². The lowest BCUT2D eigenvalue weighted by Gasteiger charge is -2.15. The van der Waals surface area contributed by atoms with E-state index in [4.69, 9.17) is 0 Å². The Morgan fingerprint density at radius 1 is 1.29 bits per heavy atom. The average Bonchev–Trinajstić information content (AvgIpc) is 2.47. The smallest absolute Gasteiger partial charge is 0.238 e. The Bertz CT molecular complexity index is 650. The average molecular weight is 285 g/mol. The Balaban J connectivity index is 2.37. The topological polar surface area (TPSA) is 54.0 Å². The van der Waals surface area contributed by atoms with Crippen LogP contribution >= 0.6 is 0 Å². The van der Waals surface area contributed by atoms with Crippen LogP contribution in [-0.2, 0) is 11.2 Å². The molecule has 2 rings (SSSR count). The molecule has 2 aromatic rings. The number of nitrogens with zero attached hydrogens (tertiary/aromatic N) is 1. The SMILES string of the molecule is CCc1nc2ccccc2c(NC(=O)CNC(C)C)c1C. The molecule has 4 nitrogen and oxygen atoms in total. The fraction of sp³-hybridized carbons (Fsp3) is 0.412. The summed E-state index contributed by atoms with van der Waals surface area (Å²) in [5, 5.41) is 7.17. The normalized spacial score (nSPS) is 11.1. The van der Waals surface area contributed by atoms with Crippen molar-refractivity contribution >= 4 is 22.5 Å². The predicted octanol–water partition coefficient (Wildman–Crippen LogP) is 3.04. The van der Waals surface area contributed by atoms with Gasteiger partial charge >= 0.3 is 0 Å². The Kier molecular flexibility index (Phi) is 4.91. The van der Waals surface area contributed by atoms with Gasteiger partial charge in [-0.3, -0.25) is 9.78 Å². The zero-order valence-corrected chi connectivity index (χ0v) is 13.2. The van der Waals surface area contributed by atoms with Crippen molar-refractivity contribution in [1.82, 2.24) is 10.3 Å². The van der Waals surface area contributed by atoms with E-state index in [9.17, 15) is 4.79 Å². The highest BCUT2D eigenvalue weighted by Crippen LogP contribution is 2.28. The molecule has 21 heavy (non-hydrogen) atoms. The Morgan fingerprint density at radius 3 is 2.67 bits per heavy atom. The third-order valence-electron chi connectivity index (χ3n) is 3.51. The molecule has 0 atom stereocenters. The number of aromatic nitrogens is 1. The molecule has 0 saturated heterocycles. The van der Waals surface area contributed by atoms with Crippen molar-refractivity contribution in [2.24, 2.45) is 0 Å². The predicted molar refractivity (Wildman–Crippen MR) is 87.6 cm³/mol. The van der Waals surface area contributed by atoms with E-state index in [1.54, 1.807) is 0 Å². The van der Waals surface area contributed by atoms with Gasteiger partial charge in [-0.1, -0.05) is 39.0 Å². The molecule has 1 heterocycles. The number of para-hydroxylation sites is 1. The van der Waals surface area contributed by atoms with Crippen LogP contribution in [0.1, 0.15) is 32.0 Å². The van der Waals surface area contributed by atoms with E-state index in [0.717, 1.165) is 34.3 Å². The molecule has 112 valence electrons. The highest BCUT2D eigenvalue weighted by Gasteiger charge is 2.13. The maximum Gasteiger partial charge on any atom is 0.238 e. The Labute approximate surface area is 126 Å². The molecule has 0 bridgehead atoms. The molecular weight excluding hydrogens is 262 g/mol. The number of nitrogens with one attached hydrogen (secondary N) is 2. The number of pyridine rings is 1. The monoisotopic (exact) mass is 285 g/mol. The Hall–Kier alpha value is -1.94. The van der Waals surface area contributed by atoms with Gasteiger partial charge in [-0.2, -0.15) is 0 Å². The first-order valence-corrected chi connectivity index (χ1v) is 7.44. The minimum atomic E-state index is -0.0230. The number of fused-ring (bicyclic) bond motifs is 1. The number of carbonyl (C=O) groups is 1. The number of benzene rings is 1. The zero-order valence-electron chi connectivity index (χ0n) is 13.2. The summed E-state index contributed by atoms with van der Waals surface area (Å²) in [5.41, 5.74) is 3.88. The molecule has 1 amide bonds. The van der Waals surface area contributed by atoms with Gasteiger partial charge in [0.25, 0.3) is 0 Å². The summed E-state index contributed by atoms with van der Waals surface area (Å²) in [6.45, 7) is 8.46. The van der Waals surface area contributed by atoms with Crippen molar-refractivity contribution in [3.8, 4) is 0 Å². The summed E-state index contributed by atoms with van der Waals surface area (Å²) in [4.78, 5) is 16.8. The third-order valence-corrected chi connectivity index (χ3v) is 3.51. The van der Waals surface area contributed by atoms with Crippen LogP contribution in [0.25, 0.3) is 10.9 Å². The molecule has 4 heteroatoms. The molecule has 0 aliphatic carbocycles. The van der Waals surface area contributed by atoms with E-state index in [0.29, 0.717) is 6.54 Å². The van der Waals surface area contributed by atoms with Crippen LogP contribution in [0.4, 0.5) is 5.69 Å². The lowest BCUT2D eigenvalue weighted by molar-refractivity contribution is -0.115. The third kappa shape index (κ3) is 3.58. The van der Waals surface area contributed by atoms with Gasteiger partial charge in [0.05, 0.1) is 17.7 Å². The minimum Gasteiger partial charge on any atom is -0.324 e. The van der Waals surface area contributed by atoms with Crippen LogP contribution in [0.15, 0.2) is 24.3 Å². The van der Waals surface area contributed by atoms with E-state index in [-0.39, 0.29) is 11.9 Å². The van der Waals surface area contributed by atoms with Gasteiger partial charge in [-0.15, -0.1) is 0 Å². The molecule has 0 saturated carbocycles. The van der Waals surface area contributed by atoms with Crippen molar-refractivity contribution in [2.75, 3.05) is 11.9 Å². The second-order valence-electron chi connectivity index (χ2n) is 5.51. The van der Waals surface area contributed by atoms with Crippen LogP contribution in [0.3, 0.4) is 0 Å². The van der Waals surface area contributed by atoms with E-state index in [1.165, 1.54) is 0 Å². The molecule has 2 N–H and O–H groups in total. The summed E-state index contributed by atoms with van der Waals surface area (Å²) >= 11 is 0. The standard InChI is InChI=1S/C17H23N3O/c1-5-14-12(4)17(20-16(21)10-18-11(2)3)13-8-6-7-9-15(13)19-14/h6-9,11,18H,5,10H2,1-4H3,(H,19,20,21). The molecule has 0 aliphatic heterocycles. The number of hydrogen-bond donors (Lipinski definition) is 2. The molecule has 0 spiro atoms. The molecule has 1 aromatic heterocycles. The van der Waals surface area contributed by atoms with E-state index >= 15 is 0 Å². The highest BCUT2D eigenvalue weighted by atomic mass is 16.1. The molecule has 0 radical (unpaired) electrons. The quantitative estimate of drug-likeness (QED) is 0.888. The molecular formula is C17H23N3O. The van der Waals surface area contributed by atoms with Gasteiger partial charge in [0, 0.05) is 17.1 Å². The van der Waals surface area contributed by atoms with Gasteiger partial charge in [0.2, 0.25) is 5.91 Å². The van der Waals surface area contributed by atoms with Crippen LogP contribution in [0, 0.1) is 6.92 Å². The largest absolute Gasteiger partial charge is 0.324 e. The molecule has 1 aromatic carbocycles. The van der Waals surface area contributed by atoms with Gasteiger partial charge < -0.3 is 10.6 Å². The zero-order chi connectivity index (χ0) is 15.4. The number of rotatable bonds is 5. The lowest BCUT2D eigenvalue weighted by atomic mass is 10.1. The fourth-order valence-corrected chi connectivity index (χ4v) is 2.34. The maximum atomic E-state index is 12.1. The van der Waals surface area contributed by atoms with Crippen molar-refractivity contribution in [3.63, 3.8) is 0 Å². The minimum absolute atomic E-state index is 0.0230. The fourth-order valence-electron chi connectivity index (χ4n) is 2.34. The van der Waals surface area contributed by atoms with Crippen molar-refractivity contribution < 1.29 is 4.79 Å². The Morgan fingerprint density at radius 2 is 2.00 bits per heavy atom. The summed E-state index contributed by atoms with van der Waals surface area (Å²) < 4.78 is 0. The van der Waals surface area contributed by atoms with Crippen molar-refractivity contribution in [3.05, 3.63) is 35.5 Å². The van der Waals surface area contributed by atoms with E-state index in [1.807, 2.05) is 45.0 Å². The van der Waals surface area contributed by atoms with Gasteiger partial charge in [0.15, 0.2) is 0 Å². The summed E-state index contributed by atoms with van der Waals surface area (Å²) in [6.07, 6.45) is 0.851. The van der Waals surface area contributed by atoms with Crippen molar-refractivity contribution in [1.29, 1.82) is 0 Å². The number of anilines is 1. The lowest BCUT2D eigenvalue weighted by Crippen LogP contribution is -2.32. The summed E-state index contributed by atoms with van der Waals surface area (Å²) in [6, 6.07) is 8.21. The van der Waals surface area contributed by atoms with Crippen LogP contribution in [-0.4, -0.2) is 23.5 Å². The molecule has 0 fully saturated rings. The molecule has 0 unspecified atom stereocenters. The second kappa shape index (κ2) is 6.68. The van der Waals surface area contributed by atoms with Crippen LogP contribution in [0.5, 0.6) is 0 Å². The van der Waals surface area contributed by atoms with Gasteiger partial charge in [-0.25, -0.2) is 0 Å². The second-order valence-corrected chi connectivity index (χ2v) is 5.51. The number of carbonyl (C=O) groups excluding carboxylic acids is 1. The molecule has 0 aliphatic rings. The number of aryl methyl sites for hydroxylation is 1. The maximum absolute atomic E-state index is 12.1. The van der Waals surface area contributed by atoms with Gasteiger partial charge in [-0.05, 0) is 25.0 Å². The van der Waals surface area contributed by atoms with Crippen molar-refractivity contribution in [2.45, 2.75) is 40.2 Å². The van der Waals surface area contributed by atoms with Crippen LogP contribution < -0.4 is 10.6 Å². The van der Waals surface area contributed by atoms with Crippen LogP contribution in [0.2, 0.25) is 0 Å². The van der Waals surface area contributed by atoms with E-state index < -0.39 is 0 Å². The highest BCUT2D eigenvalue weighted by molar-refractivity contribution is 6.03. The summed E-state index contributed by atoms with van der Waals surface area (Å²) in [5.74, 6) is -0.0230. The summed E-state index contributed by atoms with van der Waals surface area (Å²) in [7, 11) is 0. The number of amides is 1. The first-order valence-electron chi connectivity index (χ1n) is 7.44.